The van der Waals surface area contributed by atoms with E-state index in [4.69, 9.17) is 14.2 Å². The molecular weight excluding hydrogens is 546 g/mol. The molecule has 36 heavy (non-hydrogen) atoms. The third-order valence-electron chi connectivity index (χ3n) is 6.43. The van der Waals surface area contributed by atoms with Gasteiger partial charge in [0.2, 0.25) is 5.91 Å². The molecule has 4 rings (SSSR count). The number of carbonyl (C=O) groups is 2. The fourth-order valence-corrected chi connectivity index (χ4v) is 5.72. The molecule has 2 aliphatic rings. The first kappa shape index (κ1) is 26.9. The number of benzene rings is 1. The maximum atomic E-state index is 13.3. The fraction of sp³-hybridized carbons (Fsp3) is 0.577. The van der Waals surface area contributed by atoms with Crippen molar-refractivity contribution in [2.45, 2.75) is 77.0 Å². The van der Waals surface area contributed by atoms with E-state index in [2.05, 4.69) is 26.2 Å². The maximum absolute atomic E-state index is 13.3. The Hall–Kier alpha value is -2.17. The molecule has 0 saturated carbocycles. The SMILES string of the molecule is CC(C)(C)OC(=O)N1CCc2cc(OCC3CCCCO3)c(Br)cc2C1(C)CC(=O)Nc1nccs1. The van der Waals surface area contributed by atoms with Crippen LogP contribution in [0.1, 0.15) is 64.5 Å². The number of ether oxygens (including phenoxy) is 3. The molecule has 2 aliphatic heterocycles. The Kier molecular flexibility index (Phi) is 8.26. The number of rotatable bonds is 6. The second kappa shape index (κ2) is 11.1. The van der Waals surface area contributed by atoms with Gasteiger partial charge in [-0.1, -0.05) is 0 Å². The summed E-state index contributed by atoms with van der Waals surface area (Å²) in [5, 5.41) is 5.18. The highest BCUT2D eigenvalue weighted by Gasteiger charge is 2.45. The molecule has 1 fully saturated rings. The first-order valence-electron chi connectivity index (χ1n) is 12.3. The molecule has 8 nitrogen and oxygen atoms in total. The van der Waals surface area contributed by atoms with Crippen molar-refractivity contribution in [1.82, 2.24) is 9.88 Å². The van der Waals surface area contributed by atoms with Gasteiger partial charge in [0.05, 0.1) is 22.5 Å². The van der Waals surface area contributed by atoms with Crippen molar-refractivity contribution in [3.63, 3.8) is 0 Å². The predicted molar refractivity (Wildman–Crippen MR) is 143 cm³/mol. The van der Waals surface area contributed by atoms with E-state index in [1.54, 1.807) is 16.5 Å². The van der Waals surface area contributed by atoms with E-state index in [1.165, 1.54) is 11.3 Å². The third-order valence-corrected chi connectivity index (χ3v) is 7.74. The van der Waals surface area contributed by atoms with Gasteiger partial charge in [-0.3, -0.25) is 9.69 Å². The normalized spacial score (nSPS) is 22.0. The molecule has 0 bridgehead atoms. The lowest BCUT2D eigenvalue weighted by Crippen LogP contribution is -2.54. The second-order valence-electron chi connectivity index (χ2n) is 10.5. The number of anilines is 1. The van der Waals surface area contributed by atoms with E-state index in [-0.39, 0.29) is 18.4 Å². The summed E-state index contributed by atoms with van der Waals surface area (Å²) in [5.41, 5.74) is 0.357. The van der Waals surface area contributed by atoms with Gasteiger partial charge in [-0.05, 0) is 92.6 Å². The van der Waals surface area contributed by atoms with Gasteiger partial charge >= 0.3 is 6.09 Å². The van der Waals surface area contributed by atoms with Crippen LogP contribution >= 0.6 is 27.3 Å². The second-order valence-corrected chi connectivity index (χ2v) is 12.2. The molecule has 10 heteroatoms. The summed E-state index contributed by atoms with van der Waals surface area (Å²) in [6, 6.07) is 3.99. The molecule has 3 heterocycles. The highest BCUT2D eigenvalue weighted by molar-refractivity contribution is 9.10. The Morgan fingerprint density at radius 3 is 2.81 bits per heavy atom. The summed E-state index contributed by atoms with van der Waals surface area (Å²) >= 11 is 5.02. The monoisotopic (exact) mass is 579 g/mol. The molecule has 196 valence electrons. The van der Waals surface area contributed by atoms with Crippen LogP contribution in [0.3, 0.4) is 0 Å². The Bertz CT molecular complexity index is 1080. The minimum Gasteiger partial charge on any atom is -0.490 e. The lowest BCUT2D eigenvalue weighted by atomic mass is 9.79. The van der Waals surface area contributed by atoms with Crippen LogP contribution in [0.5, 0.6) is 5.75 Å². The van der Waals surface area contributed by atoms with E-state index in [0.29, 0.717) is 24.7 Å². The fourth-order valence-electron chi connectivity index (χ4n) is 4.72. The lowest BCUT2D eigenvalue weighted by molar-refractivity contribution is -0.119. The van der Waals surface area contributed by atoms with Gasteiger partial charge in [-0.25, -0.2) is 9.78 Å². The molecular formula is C26H34BrN3O5S. The highest BCUT2D eigenvalue weighted by Crippen LogP contribution is 2.43. The summed E-state index contributed by atoms with van der Waals surface area (Å²) in [4.78, 5) is 32.2. The van der Waals surface area contributed by atoms with Crippen molar-refractivity contribution >= 4 is 44.4 Å². The lowest BCUT2D eigenvalue weighted by Gasteiger charge is -2.46. The van der Waals surface area contributed by atoms with E-state index < -0.39 is 17.2 Å². The van der Waals surface area contributed by atoms with Crippen LogP contribution in [0.4, 0.5) is 9.93 Å². The number of aromatic nitrogens is 1. The number of halogens is 1. The smallest absolute Gasteiger partial charge is 0.411 e. The van der Waals surface area contributed by atoms with Crippen LogP contribution in [0, 0.1) is 0 Å². The Labute approximate surface area is 224 Å². The van der Waals surface area contributed by atoms with Gasteiger partial charge in [0.15, 0.2) is 5.13 Å². The number of nitrogens with one attached hydrogen (secondary N) is 1. The van der Waals surface area contributed by atoms with Crippen LogP contribution in [-0.4, -0.2) is 53.3 Å². The largest absolute Gasteiger partial charge is 0.490 e. The maximum Gasteiger partial charge on any atom is 0.411 e. The number of nitrogens with zero attached hydrogens (tertiary/aromatic N) is 2. The number of hydrogen-bond donors (Lipinski definition) is 1. The molecule has 2 amide bonds. The van der Waals surface area contributed by atoms with Gasteiger partial charge in [0.1, 0.15) is 18.0 Å². The molecule has 1 aromatic heterocycles. The number of amides is 2. The van der Waals surface area contributed by atoms with Crippen molar-refractivity contribution in [1.29, 1.82) is 0 Å². The van der Waals surface area contributed by atoms with Crippen molar-refractivity contribution in [2.75, 3.05) is 25.1 Å². The average molecular weight is 581 g/mol. The molecule has 0 spiro atoms. The Balaban J connectivity index is 1.61. The van der Waals surface area contributed by atoms with Crippen LogP contribution < -0.4 is 10.1 Å². The van der Waals surface area contributed by atoms with Gasteiger partial charge < -0.3 is 19.5 Å². The zero-order valence-electron chi connectivity index (χ0n) is 21.3. The van der Waals surface area contributed by atoms with Crippen molar-refractivity contribution in [2.24, 2.45) is 0 Å². The van der Waals surface area contributed by atoms with Gasteiger partial charge in [0, 0.05) is 24.7 Å². The van der Waals surface area contributed by atoms with Gasteiger partial charge in [0.25, 0.3) is 0 Å². The minimum absolute atomic E-state index is 0.0569. The molecule has 0 aliphatic carbocycles. The average Bonchev–Trinajstić information content (AvgIpc) is 3.30. The molecule has 1 saturated heterocycles. The topological polar surface area (TPSA) is 90.0 Å². The summed E-state index contributed by atoms with van der Waals surface area (Å²) in [7, 11) is 0. The molecule has 1 N–H and O–H groups in total. The van der Waals surface area contributed by atoms with Crippen molar-refractivity contribution in [3.05, 3.63) is 39.3 Å². The Morgan fingerprint density at radius 1 is 1.33 bits per heavy atom. The van der Waals surface area contributed by atoms with Crippen LogP contribution in [-0.2, 0) is 26.2 Å². The minimum atomic E-state index is -0.926. The number of hydrogen-bond acceptors (Lipinski definition) is 7. The van der Waals surface area contributed by atoms with E-state index in [0.717, 1.165) is 47.2 Å². The molecule has 2 unspecified atom stereocenters. The van der Waals surface area contributed by atoms with E-state index in [9.17, 15) is 9.59 Å². The summed E-state index contributed by atoms with van der Waals surface area (Å²) in [5.74, 6) is 0.517. The van der Waals surface area contributed by atoms with Crippen molar-refractivity contribution < 1.29 is 23.8 Å². The summed E-state index contributed by atoms with van der Waals surface area (Å²) < 4.78 is 18.4. The van der Waals surface area contributed by atoms with Gasteiger partial charge in [-0.15, -0.1) is 11.3 Å². The van der Waals surface area contributed by atoms with Crippen LogP contribution in [0.2, 0.25) is 0 Å². The molecule has 2 aromatic rings. The number of fused-ring (bicyclic) bond motifs is 1. The molecule has 0 radical (unpaired) electrons. The summed E-state index contributed by atoms with van der Waals surface area (Å²) in [6.07, 6.45) is 5.24. The van der Waals surface area contributed by atoms with E-state index >= 15 is 0 Å². The third kappa shape index (κ3) is 6.39. The van der Waals surface area contributed by atoms with Gasteiger partial charge in [-0.2, -0.15) is 0 Å². The number of thiazole rings is 1. The standard InChI is InChI=1S/C26H34BrN3O5S/c1-25(2,3)35-24(32)30-10-8-17-13-21(34-16-18-7-5-6-11-33-18)20(27)14-19(17)26(30,4)15-22(31)29-23-28-9-12-36-23/h9,12-14,18H,5-8,10-11,15-16H2,1-4H3,(H,28,29,31). The van der Waals surface area contributed by atoms with Crippen LogP contribution in [0.15, 0.2) is 28.2 Å². The molecule has 2 atom stereocenters. The van der Waals surface area contributed by atoms with Crippen LogP contribution in [0.25, 0.3) is 0 Å². The zero-order chi connectivity index (χ0) is 25.9. The predicted octanol–water partition coefficient (Wildman–Crippen LogP) is 5.89. The quantitative estimate of drug-likeness (QED) is 0.459. The first-order chi connectivity index (χ1) is 17.0. The zero-order valence-corrected chi connectivity index (χ0v) is 23.7. The molecule has 1 aromatic carbocycles. The first-order valence-corrected chi connectivity index (χ1v) is 14.0. The highest BCUT2D eigenvalue weighted by atomic mass is 79.9. The van der Waals surface area contributed by atoms with E-state index in [1.807, 2.05) is 39.8 Å². The summed E-state index contributed by atoms with van der Waals surface area (Å²) in [6.45, 7) is 9.13. The number of carbonyl (C=O) groups excluding carboxylic acids is 2. The van der Waals surface area contributed by atoms with Crippen molar-refractivity contribution in [3.8, 4) is 5.75 Å². The Morgan fingerprint density at radius 2 is 2.14 bits per heavy atom.